The Morgan fingerprint density at radius 3 is 2.85 bits per heavy atom. The van der Waals surface area contributed by atoms with Crippen molar-refractivity contribution in [3.8, 4) is 11.5 Å². The van der Waals surface area contributed by atoms with Crippen LogP contribution >= 0.6 is 0 Å². The van der Waals surface area contributed by atoms with E-state index < -0.39 is 0 Å². The molecule has 1 unspecified atom stereocenters. The first-order chi connectivity index (χ1) is 12.6. The molecule has 6 nitrogen and oxygen atoms in total. The van der Waals surface area contributed by atoms with Gasteiger partial charge in [0.2, 0.25) is 0 Å². The Morgan fingerprint density at radius 1 is 1.27 bits per heavy atom. The van der Waals surface area contributed by atoms with Crippen LogP contribution in [0.2, 0.25) is 0 Å². The number of nitrogen functional groups attached to an aromatic ring is 1. The molecule has 0 spiro atoms. The van der Waals surface area contributed by atoms with Crippen LogP contribution in [0.4, 0.5) is 5.69 Å². The Bertz CT molecular complexity index is 820. The Kier molecular flexibility index (Phi) is 5.43. The molecule has 1 atom stereocenters. The second kappa shape index (κ2) is 7.93. The monoisotopic (exact) mass is 353 g/mol. The Morgan fingerprint density at radius 2 is 2.12 bits per heavy atom. The van der Waals surface area contributed by atoms with Gasteiger partial charge in [0.25, 0.3) is 5.91 Å². The number of ether oxygens (including phenoxy) is 2. The average molecular weight is 353 g/mol. The molecule has 0 fully saturated rings. The summed E-state index contributed by atoms with van der Waals surface area (Å²) in [5.41, 5.74) is 11.1. The van der Waals surface area contributed by atoms with E-state index in [0.29, 0.717) is 29.4 Å². The number of hydrazine groups is 1. The number of amides is 1. The molecule has 2 aromatic rings. The summed E-state index contributed by atoms with van der Waals surface area (Å²) in [6.45, 7) is 2.48. The number of anilines is 1. The van der Waals surface area contributed by atoms with Gasteiger partial charge in [0.15, 0.2) is 11.5 Å². The molecule has 1 aliphatic heterocycles. The third kappa shape index (κ3) is 3.81. The van der Waals surface area contributed by atoms with Crippen LogP contribution in [0.25, 0.3) is 0 Å². The third-order valence-electron chi connectivity index (χ3n) is 4.16. The topological polar surface area (TPSA) is 76.8 Å². The zero-order valence-corrected chi connectivity index (χ0v) is 14.9. The van der Waals surface area contributed by atoms with E-state index in [4.69, 9.17) is 15.2 Å². The van der Waals surface area contributed by atoms with Crippen molar-refractivity contribution < 1.29 is 14.3 Å². The number of nitrogens with zero attached hydrogens (tertiary/aromatic N) is 1. The SMILES string of the molecule is CCOc1cc(C2CC=CN(C(=O)c3cccc(N)c3)N2)ccc1OC. The number of hydrogen-bond donors (Lipinski definition) is 2. The molecule has 0 radical (unpaired) electrons. The van der Waals surface area contributed by atoms with E-state index in [2.05, 4.69) is 5.43 Å². The summed E-state index contributed by atoms with van der Waals surface area (Å²) in [6, 6.07) is 12.7. The maximum absolute atomic E-state index is 12.7. The van der Waals surface area contributed by atoms with Gasteiger partial charge in [-0.05, 0) is 49.2 Å². The molecule has 1 heterocycles. The number of carbonyl (C=O) groups excluding carboxylic acids is 1. The van der Waals surface area contributed by atoms with Gasteiger partial charge in [0, 0.05) is 17.5 Å². The molecular weight excluding hydrogens is 330 g/mol. The van der Waals surface area contributed by atoms with Crippen molar-refractivity contribution in [2.75, 3.05) is 19.5 Å². The highest BCUT2D eigenvalue weighted by molar-refractivity contribution is 5.95. The minimum Gasteiger partial charge on any atom is -0.493 e. The smallest absolute Gasteiger partial charge is 0.272 e. The summed E-state index contributed by atoms with van der Waals surface area (Å²) in [5, 5.41) is 1.49. The molecular formula is C20H23N3O3. The van der Waals surface area contributed by atoms with Crippen LogP contribution in [0.5, 0.6) is 11.5 Å². The van der Waals surface area contributed by atoms with Gasteiger partial charge in [0.05, 0.1) is 19.8 Å². The fourth-order valence-electron chi connectivity index (χ4n) is 2.89. The van der Waals surface area contributed by atoms with Crippen molar-refractivity contribution >= 4 is 11.6 Å². The van der Waals surface area contributed by atoms with Crippen LogP contribution in [0.3, 0.4) is 0 Å². The van der Waals surface area contributed by atoms with E-state index in [9.17, 15) is 4.79 Å². The molecule has 3 N–H and O–H groups in total. The fraction of sp³-hybridized carbons (Fsp3) is 0.250. The van der Waals surface area contributed by atoms with Crippen LogP contribution in [0.1, 0.15) is 35.3 Å². The highest BCUT2D eigenvalue weighted by atomic mass is 16.5. The first-order valence-electron chi connectivity index (χ1n) is 8.55. The van der Waals surface area contributed by atoms with Gasteiger partial charge in [-0.1, -0.05) is 18.2 Å². The Hall–Kier alpha value is -2.99. The molecule has 0 saturated heterocycles. The molecule has 6 heteroatoms. The molecule has 3 rings (SSSR count). The summed E-state index contributed by atoms with van der Waals surface area (Å²) >= 11 is 0. The van der Waals surface area contributed by atoms with E-state index >= 15 is 0 Å². The van der Waals surface area contributed by atoms with Gasteiger partial charge >= 0.3 is 0 Å². The van der Waals surface area contributed by atoms with Crippen molar-refractivity contribution in [3.63, 3.8) is 0 Å². The van der Waals surface area contributed by atoms with E-state index in [0.717, 1.165) is 12.0 Å². The van der Waals surface area contributed by atoms with Gasteiger partial charge in [0.1, 0.15) is 0 Å². The number of methoxy groups -OCH3 is 1. The molecule has 0 aromatic heterocycles. The number of hydrogen-bond acceptors (Lipinski definition) is 5. The number of benzene rings is 2. The van der Waals surface area contributed by atoms with Gasteiger partial charge in [-0.3, -0.25) is 4.79 Å². The first kappa shape index (κ1) is 17.8. The Balaban J connectivity index is 1.80. The zero-order chi connectivity index (χ0) is 18.5. The van der Waals surface area contributed by atoms with Crippen LogP contribution in [-0.2, 0) is 0 Å². The van der Waals surface area contributed by atoms with Crippen LogP contribution in [-0.4, -0.2) is 24.6 Å². The summed E-state index contributed by atoms with van der Waals surface area (Å²) in [5.74, 6) is 1.23. The van der Waals surface area contributed by atoms with Crippen molar-refractivity contribution in [1.29, 1.82) is 0 Å². The highest BCUT2D eigenvalue weighted by Gasteiger charge is 2.23. The average Bonchev–Trinajstić information content (AvgIpc) is 2.68. The lowest BCUT2D eigenvalue weighted by Gasteiger charge is -2.30. The standard InChI is InChI=1S/C20H23N3O3/c1-3-26-19-13-14(9-10-18(19)25-2)17-8-5-11-23(22-17)20(24)15-6-4-7-16(21)12-15/h4-7,9-13,17,22H,3,8,21H2,1-2H3. The lowest BCUT2D eigenvalue weighted by molar-refractivity contribution is 0.0713. The van der Waals surface area contributed by atoms with E-state index in [1.54, 1.807) is 37.6 Å². The zero-order valence-electron chi connectivity index (χ0n) is 14.9. The van der Waals surface area contributed by atoms with Crippen LogP contribution in [0.15, 0.2) is 54.7 Å². The van der Waals surface area contributed by atoms with E-state index in [-0.39, 0.29) is 11.9 Å². The van der Waals surface area contributed by atoms with Crippen LogP contribution in [0, 0.1) is 0 Å². The maximum atomic E-state index is 12.7. The van der Waals surface area contributed by atoms with Crippen LogP contribution < -0.4 is 20.6 Å². The molecule has 26 heavy (non-hydrogen) atoms. The molecule has 0 saturated carbocycles. The van der Waals surface area contributed by atoms with E-state index in [1.165, 1.54) is 5.01 Å². The van der Waals surface area contributed by atoms with Crippen molar-refractivity contribution in [2.45, 2.75) is 19.4 Å². The minimum absolute atomic E-state index is 0.0462. The molecule has 0 bridgehead atoms. The molecule has 1 aliphatic rings. The summed E-state index contributed by atoms with van der Waals surface area (Å²) in [6.07, 6.45) is 4.48. The van der Waals surface area contributed by atoms with Gasteiger partial charge < -0.3 is 15.2 Å². The second-order valence-corrected chi connectivity index (χ2v) is 5.95. The number of rotatable bonds is 5. The second-order valence-electron chi connectivity index (χ2n) is 5.95. The number of nitrogens with one attached hydrogen (secondary N) is 1. The fourth-order valence-corrected chi connectivity index (χ4v) is 2.89. The van der Waals surface area contributed by atoms with Gasteiger partial charge in [-0.15, -0.1) is 0 Å². The van der Waals surface area contributed by atoms with Gasteiger partial charge in [-0.25, -0.2) is 10.4 Å². The van der Waals surface area contributed by atoms with E-state index in [1.807, 2.05) is 31.2 Å². The van der Waals surface area contributed by atoms with Gasteiger partial charge in [-0.2, -0.15) is 0 Å². The lowest BCUT2D eigenvalue weighted by atomic mass is 10.0. The lowest BCUT2D eigenvalue weighted by Crippen LogP contribution is -2.43. The normalized spacial score (nSPS) is 16.4. The molecule has 0 aliphatic carbocycles. The first-order valence-corrected chi connectivity index (χ1v) is 8.55. The summed E-state index contributed by atoms with van der Waals surface area (Å²) in [7, 11) is 1.62. The summed E-state index contributed by atoms with van der Waals surface area (Å²) in [4.78, 5) is 12.7. The number of nitrogens with two attached hydrogens (primary N) is 1. The Labute approximate surface area is 153 Å². The molecule has 2 aromatic carbocycles. The maximum Gasteiger partial charge on any atom is 0.272 e. The quantitative estimate of drug-likeness (QED) is 0.807. The highest BCUT2D eigenvalue weighted by Crippen LogP contribution is 2.32. The van der Waals surface area contributed by atoms with Crippen molar-refractivity contribution in [3.05, 3.63) is 65.9 Å². The van der Waals surface area contributed by atoms with Crippen molar-refractivity contribution in [1.82, 2.24) is 10.4 Å². The predicted octanol–water partition coefficient (Wildman–Crippen LogP) is 3.28. The third-order valence-corrected chi connectivity index (χ3v) is 4.16. The largest absolute Gasteiger partial charge is 0.493 e. The van der Waals surface area contributed by atoms with Crippen molar-refractivity contribution in [2.24, 2.45) is 0 Å². The summed E-state index contributed by atoms with van der Waals surface area (Å²) < 4.78 is 11.0. The molecule has 1 amide bonds. The minimum atomic E-state index is -0.156. The molecule has 136 valence electrons. The predicted molar refractivity (Wildman–Crippen MR) is 101 cm³/mol. The number of carbonyl (C=O) groups is 1.